The minimum Gasteiger partial charge on any atom is -0.497 e. The third-order valence-electron chi connectivity index (χ3n) is 6.69. The van der Waals surface area contributed by atoms with Gasteiger partial charge in [-0.2, -0.15) is 0 Å². The van der Waals surface area contributed by atoms with Crippen LogP contribution in [0.25, 0.3) is 0 Å². The fourth-order valence-electron chi connectivity index (χ4n) is 4.62. The first kappa shape index (κ1) is 26.5. The highest BCUT2D eigenvalue weighted by Crippen LogP contribution is 2.39. The molecule has 0 aliphatic carbocycles. The van der Waals surface area contributed by atoms with Gasteiger partial charge in [-0.1, -0.05) is 0 Å². The Hall–Kier alpha value is -4.13. The molecule has 0 unspecified atom stereocenters. The van der Waals surface area contributed by atoms with Gasteiger partial charge in [-0.3, -0.25) is 0 Å². The number of halogens is 1. The lowest BCUT2D eigenvalue weighted by atomic mass is 10.0. The van der Waals surface area contributed by atoms with Crippen LogP contribution in [0, 0.1) is 5.82 Å². The number of hydrogen-bond donors (Lipinski definition) is 1. The number of piperidine rings is 1. The number of anilines is 3. The van der Waals surface area contributed by atoms with E-state index < -0.39 is 21.7 Å². The molecular weight excluding hydrogens is 529 g/mol. The van der Waals surface area contributed by atoms with Gasteiger partial charge in [-0.25, -0.2) is 27.6 Å². The second-order valence-corrected chi connectivity index (χ2v) is 11.2. The topological polar surface area (TPSA) is 123 Å². The van der Waals surface area contributed by atoms with Crippen LogP contribution < -0.4 is 24.4 Å². The van der Waals surface area contributed by atoms with Gasteiger partial charge in [0.1, 0.15) is 30.3 Å². The number of likely N-dealkylation sites (tertiary alicyclic amines) is 1. The number of amides is 1. The lowest BCUT2D eigenvalue weighted by Crippen LogP contribution is -2.50. The predicted octanol–water partition coefficient (Wildman–Crippen LogP) is 3.63. The Morgan fingerprint density at radius 2 is 1.79 bits per heavy atom. The maximum Gasteiger partial charge on any atom is 0.415 e. The average molecular weight is 558 g/mol. The summed E-state index contributed by atoms with van der Waals surface area (Å²) in [7, 11) is -1.97. The van der Waals surface area contributed by atoms with Crippen molar-refractivity contribution in [2.75, 3.05) is 49.8 Å². The summed E-state index contributed by atoms with van der Waals surface area (Å²) in [6, 6.07) is 10.6. The molecule has 0 radical (unpaired) electrons. The average Bonchev–Trinajstić information content (AvgIpc) is 2.94. The predicted molar refractivity (Wildman–Crippen MR) is 141 cm³/mol. The van der Waals surface area contributed by atoms with Crippen LogP contribution in [0.3, 0.4) is 0 Å². The molecular formula is C26H28FN5O6S. The van der Waals surface area contributed by atoms with Crippen LogP contribution in [0.5, 0.6) is 17.2 Å². The molecule has 2 aliphatic rings. The van der Waals surface area contributed by atoms with Crippen molar-refractivity contribution in [1.82, 2.24) is 14.9 Å². The van der Waals surface area contributed by atoms with Crippen molar-refractivity contribution in [2.24, 2.45) is 0 Å². The number of methoxy groups -OCH3 is 1. The molecule has 0 saturated carbocycles. The molecule has 1 aromatic heterocycles. The first-order valence-corrected chi connectivity index (χ1v) is 14.2. The quantitative estimate of drug-likeness (QED) is 0.481. The van der Waals surface area contributed by atoms with Gasteiger partial charge in [0.05, 0.1) is 24.2 Å². The van der Waals surface area contributed by atoms with Crippen molar-refractivity contribution in [2.45, 2.75) is 23.8 Å². The molecule has 1 N–H and O–H groups in total. The second-order valence-electron chi connectivity index (χ2n) is 9.22. The van der Waals surface area contributed by atoms with E-state index in [0.29, 0.717) is 62.1 Å². The largest absolute Gasteiger partial charge is 0.497 e. The van der Waals surface area contributed by atoms with E-state index in [1.165, 1.54) is 18.5 Å². The number of nitrogens with zero attached hydrogens (tertiary/aromatic N) is 4. The Bertz CT molecular complexity index is 1460. The maximum absolute atomic E-state index is 14.7. The van der Waals surface area contributed by atoms with Crippen LogP contribution in [-0.4, -0.2) is 75.0 Å². The zero-order valence-electron chi connectivity index (χ0n) is 21.5. The molecule has 206 valence electrons. The van der Waals surface area contributed by atoms with Gasteiger partial charge < -0.3 is 29.3 Å². The molecule has 3 aromatic rings. The SMILES string of the molecule is COc1ccc(OC(=O)N2CCC(N3CCOc4c(Nc5ccc(S(C)(=O)=O)cc5F)ncnc43)CC2)cc1. The monoisotopic (exact) mass is 557 g/mol. The zero-order valence-corrected chi connectivity index (χ0v) is 22.3. The van der Waals surface area contributed by atoms with Crippen molar-refractivity contribution in [3.8, 4) is 17.2 Å². The van der Waals surface area contributed by atoms with Gasteiger partial charge in [0.25, 0.3) is 0 Å². The van der Waals surface area contributed by atoms with Crippen LogP contribution in [-0.2, 0) is 9.84 Å². The maximum atomic E-state index is 14.7. The molecule has 2 aliphatic heterocycles. The van der Waals surface area contributed by atoms with Crippen LogP contribution in [0.2, 0.25) is 0 Å². The van der Waals surface area contributed by atoms with Gasteiger partial charge in [-0.05, 0) is 55.3 Å². The van der Waals surface area contributed by atoms with Crippen molar-refractivity contribution in [1.29, 1.82) is 0 Å². The van der Waals surface area contributed by atoms with Gasteiger partial charge in [0, 0.05) is 25.4 Å². The minimum absolute atomic E-state index is 0.0627. The Labute approximate surface area is 225 Å². The summed E-state index contributed by atoms with van der Waals surface area (Å²) in [5, 5.41) is 2.90. The fourth-order valence-corrected chi connectivity index (χ4v) is 5.26. The summed E-state index contributed by atoms with van der Waals surface area (Å²) in [6.07, 6.45) is 3.38. The van der Waals surface area contributed by atoms with E-state index >= 15 is 0 Å². The van der Waals surface area contributed by atoms with E-state index in [9.17, 15) is 17.6 Å². The van der Waals surface area contributed by atoms with Crippen LogP contribution in [0.15, 0.2) is 53.7 Å². The Kier molecular flexibility index (Phi) is 7.42. The Morgan fingerprint density at radius 1 is 1.08 bits per heavy atom. The number of carbonyl (C=O) groups is 1. The first-order chi connectivity index (χ1) is 18.7. The fraction of sp³-hybridized carbons (Fsp3) is 0.346. The zero-order chi connectivity index (χ0) is 27.6. The highest BCUT2D eigenvalue weighted by atomic mass is 32.2. The normalized spacial score (nSPS) is 15.8. The Balaban J connectivity index is 1.25. The van der Waals surface area contributed by atoms with Crippen molar-refractivity contribution in [3.63, 3.8) is 0 Å². The molecule has 3 heterocycles. The van der Waals surface area contributed by atoms with E-state index in [0.717, 1.165) is 12.3 Å². The number of nitrogens with one attached hydrogen (secondary N) is 1. The van der Waals surface area contributed by atoms with Gasteiger partial charge >= 0.3 is 6.09 Å². The minimum atomic E-state index is -3.54. The molecule has 39 heavy (non-hydrogen) atoms. The summed E-state index contributed by atoms with van der Waals surface area (Å²) in [4.78, 5) is 25.0. The molecule has 0 atom stereocenters. The number of benzene rings is 2. The molecule has 2 aromatic carbocycles. The standard InChI is InChI=1S/C26H28FN5O6S/c1-36-18-3-5-19(6-4-18)38-26(33)31-11-9-17(10-12-31)32-13-14-37-23-24(28-16-29-25(23)32)30-22-8-7-20(15-21(22)27)39(2,34)35/h3-8,15-17H,9-14H2,1-2H3,(H,28,29,30). The number of aromatic nitrogens is 2. The van der Waals surface area contributed by atoms with Crippen LogP contribution in [0.4, 0.5) is 26.5 Å². The van der Waals surface area contributed by atoms with E-state index in [2.05, 4.69) is 20.2 Å². The smallest absolute Gasteiger partial charge is 0.415 e. The van der Waals surface area contributed by atoms with Gasteiger partial charge in [0.2, 0.25) is 5.75 Å². The number of sulfone groups is 1. The molecule has 0 bridgehead atoms. The van der Waals surface area contributed by atoms with Crippen molar-refractivity contribution in [3.05, 3.63) is 54.6 Å². The van der Waals surface area contributed by atoms with Crippen molar-refractivity contribution >= 4 is 33.3 Å². The van der Waals surface area contributed by atoms with E-state index in [1.807, 2.05) is 0 Å². The first-order valence-electron chi connectivity index (χ1n) is 12.3. The summed E-state index contributed by atoms with van der Waals surface area (Å²) >= 11 is 0. The summed E-state index contributed by atoms with van der Waals surface area (Å²) in [5.41, 5.74) is 0.0627. The molecule has 11 nitrogen and oxygen atoms in total. The molecule has 1 amide bonds. The van der Waals surface area contributed by atoms with Crippen LogP contribution in [0.1, 0.15) is 12.8 Å². The highest BCUT2D eigenvalue weighted by molar-refractivity contribution is 7.90. The second kappa shape index (κ2) is 10.9. The lowest BCUT2D eigenvalue weighted by Gasteiger charge is -2.41. The Morgan fingerprint density at radius 3 is 2.46 bits per heavy atom. The molecule has 5 rings (SSSR count). The van der Waals surface area contributed by atoms with Gasteiger partial charge in [0.15, 0.2) is 21.5 Å². The number of ether oxygens (including phenoxy) is 3. The van der Waals surface area contributed by atoms with Crippen molar-refractivity contribution < 1.29 is 31.8 Å². The van der Waals surface area contributed by atoms with Crippen LogP contribution >= 0.6 is 0 Å². The highest BCUT2D eigenvalue weighted by Gasteiger charge is 2.33. The van der Waals surface area contributed by atoms with Gasteiger partial charge in [-0.15, -0.1) is 0 Å². The molecule has 1 fully saturated rings. The molecule has 0 spiro atoms. The van der Waals surface area contributed by atoms with E-state index in [-0.39, 0.29) is 22.4 Å². The third-order valence-corrected chi connectivity index (χ3v) is 7.80. The third kappa shape index (κ3) is 5.82. The summed E-state index contributed by atoms with van der Waals surface area (Å²) in [6.45, 7) is 2.01. The number of fused-ring (bicyclic) bond motifs is 1. The lowest BCUT2D eigenvalue weighted by molar-refractivity contribution is 0.137. The number of hydrogen-bond acceptors (Lipinski definition) is 10. The molecule has 13 heteroatoms. The summed E-state index contributed by atoms with van der Waals surface area (Å²) < 4.78 is 54.6. The van der Waals surface area contributed by atoms with E-state index in [4.69, 9.17) is 14.2 Å². The number of carbonyl (C=O) groups excluding carboxylic acids is 1. The van der Waals surface area contributed by atoms with E-state index in [1.54, 1.807) is 36.3 Å². The molecule has 1 saturated heterocycles. The number of rotatable bonds is 6. The summed E-state index contributed by atoms with van der Waals surface area (Å²) in [5.74, 6) is 1.63.